The molecule has 0 aromatic carbocycles. The number of imidazole rings is 1. The van der Waals surface area contributed by atoms with Crippen molar-refractivity contribution in [2.75, 3.05) is 18.8 Å². The zero-order chi connectivity index (χ0) is 11.8. The number of fused-ring (bicyclic) bond motifs is 1. The van der Waals surface area contributed by atoms with Crippen LogP contribution in [0, 0.1) is 5.92 Å². The molecule has 1 unspecified atom stereocenters. The van der Waals surface area contributed by atoms with E-state index in [1.54, 1.807) is 0 Å². The molecule has 1 atom stereocenters. The van der Waals surface area contributed by atoms with Crippen molar-refractivity contribution in [3.63, 3.8) is 0 Å². The molecule has 0 aliphatic carbocycles. The van der Waals surface area contributed by atoms with Crippen molar-refractivity contribution >= 4 is 22.9 Å². The van der Waals surface area contributed by atoms with Gasteiger partial charge in [0.25, 0.3) is 0 Å². The Morgan fingerprint density at radius 2 is 2.41 bits per heavy atom. The third kappa shape index (κ3) is 1.87. The Kier molecular flexibility index (Phi) is 2.68. The van der Waals surface area contributed by atoms with Crippen LogP contribution in [-0.4, -0.2) is 22.5 Å². The number of anilines is 1. The molecule has 4 nitrogen and oxygen atoms in total. The molecule has 2 aromatic rings. The Labute approximate surface area is 105 Å². The van der Waals surface area contributed by atoms with Crippen LogP contribution in [0.3, 0.4) is 0 Å². The molecule has 1 aliphatic heterocycles. The van der Waals surface area contributed by atoms with Gasteiger partial charge in [0.15, 0.2) is 5.15 Å². The summed E-state index contributed by atoms with van der Waals surface area (Å²) in [6.07, 6.45) is 2.12. The second kappa shape index (κ2) is 4.20. The number of nitrogens with zero attached hydrogens (tertiary/aromatic N) is 2. The molecule has 0 spiro atoms. The van der Waals surface area contributed by atoms with Gasteiger partial charge < -0.3 is 11.1 Å². The van der Waals surface area contributed by atoms with Gasteiger partial charge in [-0.2, -0.15) is 0 Å². The Balaban J connectivity index is 2.03. The van der Waals surface area contributed by atoms with Crippen LogP contribution in [0.1, 0.15) is 12.2 Å². The highest BCUT2D eigenvalue weighted by atomic mass is 35.5. The van der Waals surface area contributed by atoms with Crippen molar-refractivity contribution in [2.45, 2.75) is 12.8 Å². The smallest absolute Gasteiger partial charge is 0.155 e. The maximum absolute atomic E-state index is 6.13. The van der Waals surface area contributed by atoms with Gasteiger partial charge in [0, 0.05) is 6.42 Å². The van der Waals surface area contributed by atoms with Crippen LogP contribution in [0.5, 0.6) is 0 Å². The van der Waals surface area contributed by atoms with Crippen LogP contribution in [0.2, 0.25) is 5.15 Å². The average molecular weight is 251 g/mol. The largest absolute Gasteiger partial charge is 0.385 e. The summed E-state index contributed by atoms with van der Waals surface area (Å²) in [4.78, 5) is 4.43. The molecule has 0 bridgehead atoms. The molecule has 1 saturated heterocycles. The van der Waals surface area contributed by atoms with E-state index >= 15 is 0 Å². The standard InChI is InChI=1S/C12H15ClN4/c13-12-9-2-1-3-10(14)17(9)11(16-12)6-8-4-5-15-7-8/h1-3,8,15H,4-7,14H2. The fourth-order valence-electron chi connectivity index (χ4n) is 2.48. The predicted octanol–water partition coefficient (Wildman–Crippen LogP) is 1.72. The first kappa shape index (κ1) is 10.9. The molecule has 2 aromatic heterocycles. The van der Waals surface area contributed by atoms with Crippen LogP contribution < -0.4 is 11.1 Å². The molecule has 5 heteroatoms. The van der Waals surface area contributed by atoms with Gasteiger partial charge in [-0.3, -0.25) is 4.40 Å². The predicted molar refractivity (Wildman–Crippen MR) is 69.3 cm³/mol. The van der Waals surface area contributed by atoms with Gasteiger partial charge in [0.05, 0.1) is 5.52 Å². The molecule has 0 radical (unpaired) electrons. The first-order valence-corrected chi connectivity index (χ1v) is 6.25. The van der Waals surface area contributed by atoms with Crippen LogP contribution in [-0.2, 0) is 6.42 Å². The van der Waals surface area contributed by atoms with E-state index < -0.39 is 0 Å². The summed E-state index contributed by atoms with van der Waals surface area (Å²) in [5.74, 6) is 2.30. The molecule has 90 valence electrons. The summed E-state index contributed by atoms with van der Waals surface area (Å²) >= 11 is 6.13. The molecule has 1 fully saturated rings. The number of nitrogens with two attached hydrogens (primary N) is 1. The van der Waals surface area contributed by atoms with Crippen LogP contribution >= 0.6 is 11.6 Å². The Morgan fingerprint density at radius 3 is 3.18 bits per heavy atom. The minimum atomic E-state index is 0.540. The zero-order valence-electron chi connectivity index (χ0n) is 9.49. The molecule has 3 N–H and O–H groups in total. The number of halogens is 1. The third-order valence-electron chi connectivity index (χ3n) is 3.35. The Morgan fingerprint density at radius 1 is 1.53 bits per heavy atom. The lowest BCUT2D eigenvalue weighted by Gasteiger charge is -2.08. The Bertz CT molecular complexity index is 543. The van der Waals surface area contributed by atoms with Crippen molar-refractivity contribution in [1.82, 2.24) is 14.7 Å². The average Bonchev–Trinajstić information content (AvgIpc) is 2.90. The quantitative estimate of drug-likeness (QED) is 0.854. The number of hydrogen-bond donors (Lipinski definition) is 2. The fourth-order valence-corrected chi connectivity index (χ4v) is 2.72. The second-order valence-corrected chi connectivity index (χ2v) is 4.91. The zero-order valence-corrected chi connectivity index (χ0v) is 10.2. The number of rotatable bonds is 2. The topological polar surface area (TPSA) is 55.3 Å². The molecular weight excluding hydrogens is 236 g/mol. The SMILES string of the molecule is Nc1cccc2c(Cl)nc(CC3CCNC3)n12. The minimum absolute atomic E-state index is 0.540. The van der Waals surface area contributed by atoms with Crippen molar-refractivity contribution in [2.24, 2.45) is 5.92 Å². The van der Waals surface area contributed by atoms with Crippen molar-refractivity contribution < 1.29 is 0 Å². The molecular formula is C12H15ClN4. The highest BCUT2D eigenvalue weighted by Crippen LogP contribution is 2.24. The van der Waals surface area contributed by atoms with Crippen molar-refractivity contribution in [3.05, 3.63) is 29.2 Å². The van der Waals surface area contributed by atoms with E-state index in [4.69, 9.17) is 17.3 Å². The van der Waals surface area contributed by atoms with E-state index in [1.165, 1.54) is 6.42 Å². The monoisotopic (exact) mass is 250 g/mol. The number of nitrogen functional groups attached to an aromatic ring is 1. The number of nitrogens with one attached hydrogen (secondary N) is 1. The maximum atomic E-state index is 6.13. The lowest BCUT2D eigenvalue weighted by Crippen LogP contribution is -2.13. The molecule has 3 heterocycles. The summed E-state index contributed by atoms with van der Waals surface area (Å²) in [6.45, 7) is 2.15. The van der Waals surface area contributed by atoms with Gasteiger partial charge in [-0.25, -0.2) is 4.98 Å². The van der Waals surface area contributed by atoms with E-state index in [0.717, 1.165) is 30.9 Å². The van der Waals surface area contributed by atoms with Gasteiger partial charge >= 0.3 is 0 Å². The maximum Gasteiger partial charge on any atom is 0.155 e. The summed E-state index contributed by atoms with van der Waals surface area (Å²) in [7, 11) is 0. The lowest BCUT2D eigenvalue weighted by atomic mass is 10.0. The third-order valence-corrected chi connectivity index (χ3v) is 3.63. The fraction of sp³-hybridized carbons (Fsp3) is 0.417. The summed E-state index contributed by atoms with van der Waals surface area (Å²) < 4.78 is 1.96. The summed E-state index contributed by atoms with van der Waals surface area (Å²) in [5, 5.41) is 3.90. The van der Waals surface area contributed by atoms with E-state index in [0.29, 0.717) is 16.9 Å². The van der Waals surface area contributed by atoms with Gasteiger partial charge in [-0.05, 0) is 37.6 Å². The van der Waals surface area contributed by atoms with Crippen LogP contribution in [0.4, 0.5) is 5.82 Å². The van der Waals surface area contributed by atoms with Gasteiger partial charge in [-0.15, -0.1) is 0 Å². The van der Waals surface area contributed by atoms with E-state index in [-0.39, 0.29) is 0 Å². The minimum Gasteiger partial charge on any atom is -0.385 e. The molecule has 1 aliphatic rings. The van der Waals surface area contributed by atoms with Crippen LogP contribution in [0.15, 0.2) is 18.2 Å². The number of hydrogen-bond acceptors (Lipinski definition) is 3. The molecule has 0 amide bonds. The first-order valence-electron chi connectivity index (χ1n) is 5.88. The highest BCUT2D eigenvalue weighted by molar-refractivity contribution is 6.32. The van der Waals surface area contributed by atoms with E-state index in [9.17, 15) is 0 Å². The highest BCUT2D eigenvalue weighted by Gasteiger charge is 2.19. The molecule has 3 rings (SSSR count). The van der Waals surface area contributed by atoms with Crippen molar-refractivity contribution in [1.29, 1.82) is 0 Å². The summed E-state index contributed by atoms with van der Waals surface area (Å²) in [5.41, 5.74) is 6.89. The van der Waals surface area contributed by atoms with Gasteiger partial charge in [0.1, 0.15) is 11.6 Å². The first-order chi connectivity index (χ1) is 8.25. The number of aromatic nitrogens is 2. The normalized spacial score (nSPS) is 20.2. The Hall–Kier alpha value is -1.26. The van der Waals surface area contributed by atoms with Gasteiger partial charge in [0.2, 0.25) is 0 Å². The number of pyridine rings is 1. The lowest BCUT2D eigenvalue weighted by molar-refractivity contribution is 0.561. The summed E-state index contributed by atoms with van der Waals surface area (Å²) in [6, 6.07) is 5.72. The van der Waals surface area contributed by atoms with Crippen LogP contribution in [0.25, 0.3) is 5.52 Å². The van der Waals surface area contributed by atoms with E-state index in [1.807, 2.05) is 22.6 Å². The molecule has 17 heavy (non-hydrogen) atoms. The molecule has 0 saturated carbocycles. The van der Waals surface area contributed by atoms with Gasteiger partial charge in [-0.1, -0.05) is 17.7 Å². The van der Waals surface area contributed by atoms with Crippen molar-refractivity contribution in [3.8, 4) is 0 Å². The van der Waals surface area contributed by atoms with E-state index in [2.05, 4.69) is 10.3 Å². The second-order valence-electron chi connectivity index (χ2n) is 4.55.